The fourth-order valence-electron chi connectivity index (χ4n) is 3.41. The van der Waals surface area contributed by atoms with Gasteiger partial charge < -0.3 is 19.7 Å². The topological polar surface area (TPSA) is 67.9 Å². The molecule has 2 aromatic rings. The summed E-state index contributed by atoms with van der Waals surface area (Å²) in [5, 5.41) is 3.18. The Morgan fingerprint density at radius 3 is 2.38 bits per heavy atom. The molecule has 1 aliphatic rings. The van der Waals surface area contributed by atoms with Crippen LogP contribution in [0.3, 0.4) is 0 Å². The zero-order chi connectivity index (χ0) is 21.0. The number of aryl methyl sites for hydroxylation is 1. The first-order chi connectivity index (χ1) is 13.9. The van der Waals surface area contributed by atoms with Gasteiger partial charge in [-0.25, -0.2) is 4.79 Å². The summed E-state index contributed by atoms with van der Waals surface area (Å²) in [6.45, 7) is 5.82. The Labute approximate surface area is 171 Å². The number of carbonyl (C=O) groups excluding carboxylic acids is 2. The third-order valence-electron chi connectivity index (χ3n) is 4.87. The van der Waals surface area contributed by atoms with E-state index in [-0.39, 0.29) is 11.9 Å². The van der Waals surface area contributed by atoms with Crippen LogP contribution in [0.5, 0.6) is 5.75 Å². The van der Waals surface area contributed by atoms with Crippen molar-refractivity contribution in [1.82, 2.24) is 5.32 Å². The van der Waals surface area contributed by atoms with E-state index in [1.54, 1.807) is 25.9 Å². The molecule has 0 saturated carbocycles. The molecule has 3 rings (SSSR count). The predicted octanol–water partition coefficient (Wildman–Crippen LogP) is 3.52. The van der Waals surface area contributed by atoms with Crippen LogP contribution < -0.4 is 15.0 Å². The maximum atomic E-state index is 13.0. The predicted molar refractivity (Wildman–Crippen MR) is 112 cm³/mol. The van der Waals surface area contributed by atoms with Gasteiger partial charge in [0, 0.05) is 17.5 Å². The molecule has 1 aliphatic heterocycles. The minimum absolute atomic E-state index is 0.0497. The summed E-state index contributed by atoms with van der Waals surface area (Å²) < 4.78 is 10.2. The summed E-state index contributed by atoms with van der Waals surface area (Å²) in [6, 6.07) is 14.8. The minimum atomic E-state index is -0.477. The van der Waals surface area contributed by atoms with Crippen molar-refractivity contribution >= 4 is 17.6 Å². The molecule has 0 aliphatic carbocycles. The molecule has 0 unspecified atom stereocenters. The van der Waals surface area contributed by atoms with Gasteiger partial charge in [-0.2, -0.15) is 0 Å². The molecule has 0 bridgehead atoms. The number of nitrogens with zero attached hydrogens (tertiary/aromatic N) is 1. The van der Waals surface area contributed by atoms with Crippen molar-refractivity contribution in [2.75, 3.05) is 18.6 Å². The van der Waals surface area contributed by atoms with Gasteiger partial charge in [-0.3, -0.25) is 4.79 Å². The first-order valence-electron chi connectivity index (χ1n) is 9.60. The molecule has 152 valence electrons. The fourth-order valence-corrected chi connectivity index (χ4v) is 3.41. The standard InChI is InChI=1S/C23H26N2O4/c1-5-29-20(26)14-16(3)24-21-22(17-8-12-19(28-4)13-9-17)25(23(21)27)18-10-6-15(2)7-11-18/h6-14,21-22,24H,5H2,1-4H3/t21-,22+/m1/s1. The molecule has 2 atom stereocenters. The third-order valence-corrected chi connectivity index (χ3v) is 4.87. The van der Waals surface area contributed by atoms with Gasteiger partial charge in [-0.1, -0.05) is 29.8 Å². The summed E-state index contributed by atoms with van der Waals surface area (Å²) in [5.41, 5.74) is 3.54. The van der Waals surface area contributed by atoms with Crippen LogP contribution in [0.25, 0.3) is 0 Å². The monoisotopic (exact) mass is 394 g/mol. The second-order valence-corrected chi connectivity index (χ2v) is 6.96. The number of hydrogen-bond acceptors (Lipinski definition) is 5. The second kappa shape index (κ2) is 8.82. The van der Waals surface area contributed by atoms with Gasteiger partial charge in [0.05, 0.1) is 19.8 Å². The van der Waals surface area contributed by atoms with E-state index in [0.29, 0.717) is 12.3 Å². The Bertz CT molecular complexity index is 903. The Balaban J connectivity index is 1.89. The zero-order valence-corrected chi connectivity index (χ0v) is 17.1. The molecule has 0 radical (unpaired) electrons. The van der Waals surface area contributed by atoms with Crippen LogP contribution in [0.2, 0.25) is 0 Å². The molecule has 0 aromatic heterocycles. The lowest BCUT2D eigenvalue weighted by atomic mass is 9.87. The Morgan fingerprint density at radius 1 is 1.14 bits per heavy atom. The van der Waals surface area contributed by atoms with Crippen LogP contribution >= 0.6 is 0 Å². The molecule has 29 heavy (non-hydrogen) atoms. The lowest BCUT2D eigenvalue weighted by Crippen LogP contribution is -2.64. The van der Waals surface area contributed by atoms with Gasteiger partial charge in [0.2, 0.25) is 0 Å². The highest BCUT2D eigenvalue weighted by Gasteiger charge is 2.49. The number of β-lactam (4-membered cyclic amide) rings is 1. The first-order valence-corrected chi connectivity index (χ1v) is 9.60. The van der Waals surface area contributed by atoms with E-state index in [9.17, 15) is 9.59 Å². The second-order valence-electron chi connectivity index (χ2n) is 6.96. The first kappa shape index (κ1) is 20.5. The lowest BCUT2D eigenvalue weighted by Gasteiger charge is -2.48. The number of allylic oxidation sites excluding steroid dienone is 1. The molecular weight excluding hydrogens is 368 g/mol. The van der Waals surface area contributed by atoms with Gasteiger partial charge in [-0.15, -0.1) is 0 Å². The molecule has 1 heterocycles. The molecule has 1 amide bonds. The number of carbonyl (C=O) groups is 2. The van der Waals surface area contributed by atoms with E-state index in [1.807, 2.05) is 55.5 Å². The summed E-state index contributed by atoms with van der Waals surface area (Å²) in [5.74, 6) is 0.274. The number of rotatable bonds is 7. The minimum Gasteiger partial charge on any atom is -0.497 e. The fraction of sp³-hybridized carbons (Fsp3) is 0.304. The third kappa shape index (κ3) is 4.42. The Hall–Kier alpha value is -3.28. The number of amides is 1. The molecule has 2 aromatic carbocycles. The van der Waals surface area contributed by atoms with Crippen LogP contribution in [0.1, 0.15) is 31.0 Å². The molecule has 1 N–H and O–H groups in total. The average molecular weight is 394 g/mol. The summed E-state index contributed by atoms with van der Waals surface area (Å²) in [7, 11) is 1.62. The average Bonchev–Trinajstić information content (AvgIpc) is 2.71. The number of ether oxygens (including phenoxy) is 2. The van der Waals surface area contributed by atoms with E-state index in [4.69, 9.17) is 9.47 Å². The molecule has 6 heteroatoms. The largest absolute Gasteiger partial charge is 0.497 e. The van der Waals surface area contributed by atoms with Gasteiger partial charge >= 0.3 is 5.97 Å². The van der Waals surface area contributed by atoms with Crippen molar-refractivity contribution in [1.29, 1.82) is 0 Å². The van der Waals surface area contributed by atoms with Crippen molar-refractivity contribution in [3.63, 3.8) is 0 Å². The number of anilines is 1. The van der Waals surface area contributed by atoms with Crippen molar-refractivity contribution in [2.24, 2.45) is 0 Å². The lowest BCUT2D eigenvalue weighted by molar-refractivity contribution is -0.137. The zero-order valence-electron chi connectivity index (χ0n) is 17.1. The summed E-state index contributed by atoms with van der Waals surface area (Å²) in [6.07, 6.45) is 1.37. The van der Waals surface area contributed by atoms with Gasteiger partial charge in [0.1, 0.15) is 11.8 Å². The van der Waals surface area contributed by atoms with E-state index >= 15 is 0 Å². The number of hydrogen-bond donors (Lipinski definition) is 1. The van der Waals surface area contributed by atoms with E-state index in [0.717, 1.165) is 22.6 Å². The number of benzene rings is 2. The maximum absolute atomic E-state index is 13.0. The number of nitrogens with one attached hydrogen (secondary N) is 1. The quantitative estimate of drug-likeness (QED) is 0.442. The molecular formula is C23H26N2O4. The Morgan fingerprint density at radius 2 is 1.79 bits per heavy atom. The number of methoxy groups -OCH3 is 1. The van der Waals surface area contributed by atoms with Gasteiger partial charge in [0.25, 0.3) is 5.91 Å². The summed E-state index contributed by atoms with van der Waals surface area (Å²) in [4.78, 5) is 26.5. The highest BCUT2D eigenvalue weighted by Crippen LogP contribution is 2.40. The SMILES string of the molecule is CCOC(=O)C=C(C)N[C@H]1C(=O)N(c2ccc(C)cc2)[C@H]1c1ccc(OC)cc1. The van der Waals surface area contributed by atoms with E-state index in [1.165, 1.54) is 6.08 Å². The van der Waals surface area contributed by atoms with Gasteiger partial charge in [0.15, 0.2) is 0 Å². The van der Waals surface area contributed by atoms with E-state index < -0.39 is 12.0 Å². The van der Waals surface area contributed by atoms with Crippen molar-refractivity contribution in [2.45, 2.75) is 32.9 Å². The number of esters is 1. The highest BCUT2D eigenvalue weighted by molar-refractivity contribution is 6.06. The molecule has 0 spiro atoms. The summed E-state index contributed by atoms with van der Waals surface area (Å²) >= 11 is 0. The molecule has 1 fully saturated rings. The van der Waals surface area contributed by atoms with Crippen LogP contribution in [-0.4, -0.2) is 31.6 Å². The van der Waals surface area contributed by atoms with Crippen LogP contribution in [0.4, 0.5) is 5.69 Å². The highest BCUT2D eigenvalue weighted by atomic mass is 16.5. The molecule has 1 saturated heterocycles. The van der Waals surface area contributed by atoms with Crippen LogP contribution in [0, 0.1) is 6.92 Å². The maximum Gasteiger partial charge on any atom is 0.332 e. The smallest absolute Gasteiger partial charge is 0.332 e. The van der Waals surface area contributed by atoms with Crippen molar-refractivity contribution in [3.05, 3.63) is 71.4 Å². The van der Waals surface area contributed by atoms with Crippen molar-refractivity contribution in [3.8, 4) is 5.75 Å². The van der Waals surface area contributed by atoms with E-state index in [2.05, 4.69) is 5.32 Å². The van der Waals surface area contributed by atoms with Crippen molar-refractivity contribution < 1.29 is 19.1 Å². The molecule has 6 nitrogen and oxygen atoms in total. The van der Waals surface area contributed by atoms with Gasteiger partial charge in [-0.05, 0) is 50.6 Å². The van der Waals surface area contributed by atoms with Crippen LogP contribution in [0.15, 0.2) is 60.3 Å². The Kier molecular flexibility index (Phi) is 6.22. The normalized spacial score (nSPS) is 18.8. The van der Waals surface area contributed by atoms with Crippen LogP contribution in [-0.2, 0) is 14.3 Å².